The number of fused-ring (bicyclic) bond motifs is 1. The van der Waals surface area contributed by atoms with Crippen molar-refractivity contribution in [2.45, 2.75) is 64.2 Å². The Bertz CT molecular complexity index is 729. The van der Waals surface area contributed by atoms with Crippen LogP contribution in [0.15, 0.2) is 24.3 Å². The summed E-state index contributed by atoms with van der Waals surface area (Å²) in [6.45, 7) is 8.26. The Morgan fingerprint density at radius 3 is 2.61 bits per heavy atom. The van der Waals surface area contributed by atoms with E-state index in [0.29, 0.717) is 12.6 Å². The highest BCUT2D eigenvalue weighted by molar-refractivity contribution is 5.79. The van der Waals surface area contributed by atoms with Gasteiger partial charge in [-0.15, -0.1) is 0 Å². The van der Waals surface area contributed by atoms with Crippen LogP contribution in [-0.2, 0) is 17.8 Å². The maximum absolute atomic E-state index is 12.7. The van der Waals surface area contributed by atoms with Gasteiger partial charge in [0.2, 0.25) is 5.91 Å². The zero-order valence-corrected chi connectivity index (χ0v) is 17.1. The fourth-order valence-corrected chi connectivity index (χ4v) is 5.08. The van der Waals surface area contributed by atoms with Crippen LogP contribution in [0.1, 0.15) is 44.2 Å². The first-order chi connectivity index (χ1) is 13.5. The number of nitrogens with one attached hydrogen (secondary N) is 1. The molecule has 1 N–H and O–H groups in total. The summed E-state index contributed by atoms with van der Waals surface area (Å²) in [6, 6.07) is 9.57. The molecule has 1 aromatic rings. The summed E-state index contributed by atoms with van der Waals surface area (Å²) in [7, 11) is 0. The van der Waals surface area contributed by atoms with E-state index >= 15 is 0 Å². The van der Waals surface area contributed by atoms with Crippen molar-refractivity contribution in [2.75, 3.05) is 26.2 Å². The van der Waals surface area contributed by atoms with E-state index in [1.807, 2.05) is 4.90 Å². The summed E-state index contributed by atoms with van der Waals surface area (Å²) in [6.07, 6.45) is 4.01. The second kappa shape index (κ2) is 8.11. The SMILES string of the molecule is CCc1cccc(CN2CCC(N3C(=O)NC4CN(C(C)=O)CCC43)CC2)c1. The van der Waals surface area contributed by atoms with Crippen LogP contribution in [0, 0.1) is 0 Å². The summed E-state index contributed by atoms with van der Waals surface area (Å²) in [4.78, 5) is 30.8. The number of amides is 3. The number of benzene rings is 1. The number of rotatable bonds is 4. The standard InChI is InChI=1S/C22H32N4O2/c1-3-17-5-4-6-18(13-17)14-24-10-7-19(8-11-24)26-21-9-12-25(16(2)27)15-20(21)23-22(26)28/h4-6,13,19-21H,3,7-12,14-15H2,1-2H3,(H,23,28). The van der Waals surface area contributed by atoms with Gasteiger partial charge >= 0.3 is 6.03 Å². The number of carbonyl (C=O) groups excluding carboxylic acids is 2. The average Bonchev–Trinajstić information content (AvgIpc) is 3.03. The van der Waals surface area contributed by atoms with E-state index in [-0.39, 0.29) is 24.0 Å². The van der Waals surface area contributed by atoms with Gasteiger partial charge in [-0.05, 0) is 36.8 Å². The second-order valence-corrected chi connectivity index (χ2v) is 8.47. The average molecular weight is 385 g/mol. The number of hydrogen-bond donors (Lipinski definition) is 1. The van der Waals surface area contributed by atoms with Gasteiger partial charge in [0.25, 0.3) is 0 Å². The number of urea groups is 1. The minimum atomic E-state index is 0.0644. The lowest BCUT2D eigenvalue weighted by atomic mass is 9.95. The topological polar surface area (TPSA) is 55.9 Å². The molecule has 152 valence electrons. The Hall–Kier alpha value is -2.08. The summed E-state index contributed by atoms with van der Waals surface area (Å²) in [5.41, 5.74) is 2.78. The molecule has 3 aliphatic heterocycles. The predicted molar refractivity (Wildman–Crippen MR) is 109 cm³/mol. The molecular weight excluding hydrogens is 352 g/mol. The van der Waals surface area contributed by atoms with Crippen molar-refractivity contribution in [3.05, 3.63) is 35.4 Å². The number of nitrogens with zero attached hydrogens (tertiary/aromatic N) is 3. The highest BCUT2D eigenvalue weighted by Gasteiger charge is 2.46. The van der Waals surface area contributed by atoms with Crippen molar-refractivity contribution in [2.24, 2.45) is 0 Å². The molecule has 4 rings (SSSR count). The van der Waals surface area contributed by atoms with Gasteiger partial charge in [0.15, 0.2) is 0 Å². The van der Waals surface area contributed by atoms with Crippen LogP contribution in [0.5, 0.6) is 0 Å². The van der Waals surface area contributed by atoms with Crippen molar-refractivity contribution in [3.8, 4) is 0 Å². The van der Waals surface area contributed by atoms with E-state index in [9.17, 15) is 9.59 Å². The predicted octanol–water partition coefficient (Wildman–Crippen LogP) is 2.23. The van der Waals surface area contributed by atoms with E-state index in [1.54, 1.807) is 6.92 Å². The fraction of sp³-hybridized carbons (Fsp3) is 0.636. The summed E-state index contributed by atoms with van der Waals surface area (Å²) >= 11 is 0. The molecule has 6 heteroatoms. The van der Waals surface area contributed by atoms with Crippen molar-refractivity contribution in [1.82, 2.24) is 20.0 Å². The Morgan fingerprint density at radius 1 is 1.14 bits per heavy atom. The molecule has 0 bridgehead atoms. The molecule has 2 atom stereocenters. The molecule has 0 aromatic heterocycles. The number of piperidine rings is 2. The number of hydrogen-bond acceptors (Lipinski definition) is 3. The Kier molecular flexibility index (Phi) is 5.58. The van der Waals surface area contributed by atoms with Crippen molar-refractivity contribution >= 4 is 11.9 Å². The Labute approximate surface area is 167 Å². The summed E-state index contributed by atoms with van der Waals surface area (Å²) in [5, 5.41) is 3.13. The van der Waals surface area contributed by atoms with Crippen molar-refractivity contribution in [1.29, 1.82) is 0 Å². The molecule has 0 spiro atoms. The fourth-order valence-electron chi connectivity index (χ4n) is 5.08. The van der Waals surface area contributed by atoms with Crippen LogP contribution < -0.4 is 5.32 Å². The van der Waals surface area contributed by atoms with E-state index in [1.165, 1.54) is 11.1 Å². The van der Waals surface area contributed by atoms with Crippen molar-refractivity contribution < 1.29 is 9.59 Å². The molecule has 1 aromatic carbocycles. The minimum Gasteiger partial charge on any atom is -0.341 e. The van der Waals surface area contributed by atoms with Gasteiger partial charge in [0, 0.05) is 45.7 Å². The van der Waals surface area contributed by atoms with E-state index in [4.69, 9.17) is 0 Å². The van der Waals surface area contributed by atoms with Gasteiger partial charge in [0.1, 0.15) is 0 Å². The molecule has 3 aliphatic rings. The first-order valence-electron chi connectivity index (χ1n) is 10.7. The summed E-state index contributed by atoms with van der Waals surface area (Å²) < 4.78 is 0. The quantitative estimate of drug-likeness (QED) is 0.866. The third-order valence-electron chi connectivity index (χ3n) is 6.68. The first kappa shape index (κ1) is 19.2. The maximum atomic E-state index is 12.7. The molecular formula is C22H32N4O2. The van der Waals surface area contributed by atoms with Crippen LogP contribution in [0.25, 0.3) is 0 Å². The van der Waals surface area contributed by atoms with E-state index in [2.05, 4.69) is 46.3 Å². The Morgan fingerprint density at radius 2 is 1.89 bits per heavy atom. The number of likely N-dealkylation sites (tertiary alicyclic amines) is 2. The second-order valence-electron chi connectivity index (χ2n) is 8.47. The van der Waals surface area contributed by atoms with E-state index in [0.717, 1.165) is 51.9 Å². The van der Waals surface area contributed by atoms with Gasteiger partial charge in [-0.25, -0.2) is 4.79 Å². The first-order valence-corrected chi connectivity index (χ1v) is 10.7. The molecule has 0 radical (unpaired) electrons. The number of aryl methyl sites for hydroxylation is 1. The highest BCUT2D eigenvalue weighted by Crippen LogP contribution is 2.29. The molecule has 0 aliphatic carbocycles. The third-order valence-corrected chi connectivity index (χ3v) is 6.68. The molecule has 3 amide bonds. The van der Waals surface area contributed by atoms with Gasteiger partial charge in [-0.2, -0.15) is 0 Å². The zero-order chi connectivity index (χ0) is 19.7. The lowest BCUT2D eigenvalue weighted by Crippen LogP contribution is -2.55. The number of carbonyl (C=O) groups is 2. The molecule has 28 heavy (non-hydrogen) atoms. The molecule has 6 nitrogen and oxygen atoms in total. The maximum Gasteiger partial charge on any atom is 0.318 e. The van der Waals surface area contributed by atoms with Crippen LogP contribution in [0.2, 0.25) is 0 Å². The lowest BCUT2D eigenvalue weighted by molar-refractivity contribution is -0.130. The van der Waals surface area contributed by atoms with Crippen LogP contribution in [0.3, 0.4) is 0 Å². The zero-order valence-electron chi connectivity index (χ0n) is 17.1. The van der Waals surface area contributed by atoms with Gasteiger partial charge in [-0.1, -0.05) is 31.2 Å². The molecule has 3 heterocycles. The smallest absolute Gasteiger partial charge is 0.318 e. The van der Waals surface area contributed by atoms with Gasteiger partial charge in [-0.3, -0.25) is 9.69 Å². The molecule has 3 saturated heterocycles. The molecule has 0 saturated carbocycles. The van der Waals surface area contributed by atoms with E-state index < -0.39 is 0 Å². The van der Waals surface area contributed by atoms with Crippen LogP contribution >= 0.6 is 0 Å². The third kappa shape index (κ3) is 3.88. The molecule has 2 unspecified atom stereocenters. The van der Waals surface area contributed by atoms with Crippen molar-refractivity contribution in [3.63, 3.8) is 0 Å². The van der Waals surface area contributed by atoms with Crippen LogP contribution in [-0.4, -0.2) is 70.9 Å². The Balaban J connectivity index is 1.33. The summed E-state index contributed by atoms with van der Waals surface area (Å²) in [5.74, 6) is 0.103. The van der Waals surface area contributed by atoms with Gasteiger partial charge in [0.05, 0.1) is 12.1 Å². The largest absolute Gasteiger partial charge is 0.341 e. The van der Waals surface area contributed by atoms with Gasteiger partial charge < -0.3 is 15.1 Å². The lowest BCUT2D eigenvalue weighted by Gasteiger charge is -2.42. The monoisotopic (exact) mass is 384 g/mol. The highest BCUT2D eigenvalue weighted by atomic mass is 16.2. The molecule has 3 fully saturated rings. The minimum absolute atomic E-state index is 0.0644. The van der Waals surface area contributed by atoms with Crippen LogP contribution in [0.4, 0.5) is 4.79 Å². The normalized spacial score (nSPS) is 26.3.